The molecule has 2 heterocycles. The SMILES string of the molecule is O=C(Cl)c1ccc(N2C(=O)CCC23CCC(=O)N3c2ccc(C(=O)Cl)cc2)cc1. The van der Waals surface area contributed by atoms with Crippen LogP contribution in [0.1, 0.15) is 46.4 Å². The third-order valence-corrected chi connectivity index (χ3v) is 5.95. The van der Waals surface area contributed by atoms with Crippen molar-refractivity contribution in [1.82, 2.24) is 0 Å². The maximum absolute atomic E-state index is 12.8. The Morgan fingerprint density at radius 3 is 1.34 bits per heavy atom. The summed E-state index contributed by atoms with van der Waals surface area (Å²) in [6.45, 7) is 0. The number of benzene rings is 2. The quantitative estimate of drug-likeness (QED) is 0.684. The Morgan fingerprint density at radius 1 is 0.690 bits per heavy atom. The highest BCUT2D eigenvalue weighted by atomic mass is 35.5. The number of amides is 2. The largest absolute Gasteiger partial charge is 0.288 e. The molecule has 0 radical (unpaired) electrons. The molecule has 2 fully saturated rings. The van der Waals surface area contributed by atoms with E-state index in [4.69, 9.17) is 23.2 Å². The van der Waals surface area contributed by atoms with E-state index in [2.05, 4.69) is 0 Å². The molecule has 8 heteroatoms. The molecule has 2 saturated heterocycles. The third-order valence-electron chi connectivity index (χ3n) is 5.51. The normalized spacial score (nSPS) is 18.0. The number of carbonyl (C=O) groups is 4. The van der Waals surface area contributed by atoms with Crippen molar-refractivity contribution in [3.8, 4) is 0 Å². The Hall–Kier alpha value is -2.70. The van der Waals surface area contributed by atoms with Gasteiger partial charge < -0.3 is 0 Å². The summed E-state index contributed by atoms with van der Waals surface area (Å²) in [6.07, 6.45) is 1.59. The summed E-state index contributed by atoms with van der Waals surface area (Å²) < 4.78 is 0. The number of halogens is 2. The molecule has 4 rings (SSSR count). The first kappa shape index (κ1) is 19.6. The first-order valence-corrected chi connectivity index (χ1v) is 9.85. The van der Waals surface area contributed by atoms with Crippen LogP contribution in [0, 0.1) is 0 Å². The number of nitrogens with zero attached hydrogens (tertiary/aromatic N) is 2. The fraction of sp³-hybridized carbons (Fsp3) is 0.238. The highest BCUT2D eigenvalue weighted by molar-refractivity contribution is 6.68. The average Bonchev–Trinajstić information content (AvgIpc) is 3.21. The molecule has 0 bridgehead atoms. The van der Waals surface area contributed by atoms with Crippen LogP contribution in [0.15, 0.2) is 48.5 Å². The molecule has 0 saturated carbocycles. The summed E-state index contributed by atoms with van der Waals surface area (Å²) in [5, 5.41) is -1.16. The lowest BCUT2D eigenvalue weighted by Gasteiger charge is -2.42. The lowest BCUT2D eigenvalue weighted by atomic mass is 10.0. The average molecular weight is 431 g/mol. The van der Waals surface area contributed by atoms with Crippen molar-refractivity contribution >= 4 is 56.9 Å². The predicted octanol–water partition coefficient (Wildman–Crippen LogP) is 4.09. The molecule has 2 aromatic carbocycles. The minimum atomic E-state index is -0.826. The van der Waals surface area contributed by atoms with Crippen LogP contribution in [-0.4, -0.2) is 28.0 Å². The van der Waals surface area contributed by atoms with Gasteiger partial charge in [0.1, 0.15) is 5.66 Å². The van der Waals surface area contributed by atoms with Crippen molar-refractivity contribution in [2.45, 2.75) is 31.3 Å². The standard InChI is InChI=1S/C21H16Cl2N2O4/c22-19(28)13-1-5-15(6-2-13)24-17(26)9-11-21(24)12-10-18(27)25(21)16-7-3-14(4-8-16)20(23)29/h1-8H,9-12H2. The van der Waals surface area contributed by atoms with E-state index in [-0.39, 0.29) is 11.8 Å². The van der Waals surface area contributed by atoms with Crippen LogP contribution in [-0.2, 0) is 9.59 Å². The molecule has 0 unspecified atom stereocenters. The van der Waals surface area contributed by atoms with Gasteiger partial charge in [0, 0.05) is 35.3 Å². The van der Waals surface area contributed by atoms with Crippen molar-refractivity contribution in [1.29, 1.82) is 0 Å². The van der Waals surface area contributed by atoms with Crippen LogP contribution in [0.3, 0.4) is 0 Å². The lowest BCUT2D eigenvalue weighted by molar-refractivity contribution is -0.117. The smallest absolute Gasteiger partial charge is 0.252 e. The fourth-order valence-electron chi connectivity index (χ4n) is 4.23. The monoisotopic (exact) mass is 430 g/mol. The van der Waals surface area contributed by atoms with E-state index >= 15 is 0 Å². The Bertz CT molecular complexity index is 934. The zero-order chi connectivity index (χ0) is 20.8. The van der Waals surface area contributed by atoms with Gasteiger partial charge in [0.05, 0.1) is 0 Å². The minimum Gasteiger partial charge on any atom is -0.288 e. The van der Waals surface area contributed by atoms with E-state index in [9.17, 15) is 19.2 Å². The molecular weight excluding hydrogens is 415 g/mol. The third kappa shape index (κ3) is 3.22. The maximum atomic E-state index is 12.8. The van der Waals surface area contributed by atoms with Gasteiger partial charge in [-0.1, -0.05) is 0 Å². The van der Waals surface area contributed by atoms with Crippen LogP contribution in [0.5, 0.6) is 0 Å². The second-order valence-corrected chi connectivity index (χ2v) is 7.77. The fourth-order valence-corrected chi connectivity index (χ4v) is 4.48. The van der Waals surface area contributed by atoms with Crippen molar-refractivity contribution < 1.29 is 19.2 Å². The molecule has 148 valence electrons. The predicted molar refractivity (Wildman–Crippen MR) is 109 cm³/mol. The van der Waals surface area contributed by atoms with Crippen LogP contribution >= 0.6 is 23.2 Å². The molecular formula is C21H16Cl2N2O4. The van der Waals surface area contributed by atoms with E-state index in [0.717, 1.165) is 0 Å². The van der Waals surface area contributed by atoms with E-state index in [0.29, 0.717) is 48.2 Å². The van der Waals surface area contributed by atoms with Gasteiger partial charge >= 0.3 is 0 Å². The first-order chi connectivity index (χ1) is 13.8. The summed E-state index contributed by atoms with van der Waals surface area (Å²) in [5.74, 6) is -0.190. The maximum Gasteiger partial charge on any atom is 0.252 e. The molecule has 6 nitrogen and oxygen atoms in total. The summed E-state index contributed by atoms with van der Waals surface area (Å²) in [7, 11) is 0. The van der Waals surface area contributed by atoms with Crippen LogP contribution < -0.4 is 9.80 Å². The molecule has 2 aliphatic rings. The van der Waals surface area contributed by atoms with E-state index in [1.54, 1.807) is 58.3 Å². The molecule has 2 aliphatic heterocycles. The van der Waals surface area contributed by atoms with E-state index < -0.39 is 16.1 Å². The number of anilines is 2. The zero-order valence-electron chi connectivity index (χ0n) is 15.2. The number of carbonyl (C=O) groups excluding carboxylic acids is 4. The van der Waals surface area contributed by atoms with Crippen LogP contribution in [0.2, 0.25) is 0 Å². The molecule has 0 aliphatic carbocycles. The highest BCUT2D eigenvalue weighted by Gasteiger charge is 2.56. The van der Waals surface area contributed by atoms with Crippen molar-refractivity contribution in [2.24, 2.45) is 0 Å². The van der Waals surface area contributed by atoms with E-state index in [1.165, 1.54) is 0 Å². The van der Waals surface area contributed by atoms with Crippen molar-refractivity contribution in [2.75, 3.05) is 9.80 Å². The summed E-state index contributed by atoms with van der Waals surface area (Å²) in [5.41, 5.74) is 1.03. The molecule has 2 aromatic rings. The Balaban J connectivity index is 1.76. The van der Waals surface area contributed by atoms with Gasteiger partial charge in [0.15, 0.2) is 0 Å². The van der Waals surface area contributed by atoms with Crippen LogP contribution in [0.4, 0.5) is 11.4 Å². The second kappa shape index (κ2) is 7.28. The Kier molecular flexibility index (Phi) is 4.92. The van der Waals surface area contributed by atoms with Crippen molar-refractivity contribution in [3.05, 3.63) is 59.7 Å². The number of hydrogen-bond acceptors (Lipinski definition) is 4. The van der Waals surface area contributed by atoms with Gasteiger partial charge in [0.2, 0.25) is 11.8 Å². The highest BCUT2D eigenvalue weighted by Crippen LogP contribution is 2.47. The van der Waals surface area contributed by atoms with E-state index in [1.807, 2.05) is 0 Å². The Labute approximate surface area is 177 Å². The lowest BCUT2D eigenvalue weighted by Crippen LogP contribution is -2.56. The van der Waals surface area contributed by atoms with Crippen LogP contribution in [0.25, 0.3) is 0 Å². The summed E-state index contributed by atoms with van der Waals surface area (Å²) in [4.78, 5) is 51.6. The topological polar surface area (TPSA) is 74.8 Å². The number of rotatable bonds is 4. The molecule has 0 aromatic heterocycles. The molecule has 0 N–H and O–H groups in total. The van der Waals surface area contributed by atoms with Gasteiger partial charge in [-0.25, -0.2) is 0 Å². The molecule has 0 atom stereocenters. The van der Waals surface area contributed by atoms with Gasteiger partial charge in [-0.05, 0) is 84.6 Å². The Morgan fingerprint density at radius 2 is 1.03 bits per heavy atom. The molecule has 2 amide bonds. The summed E-state index contributed by atoms with van der Waals surface area (Å²) >= 11 is 11.0. The van der Waals surface area contributed by atoms with Gasteiger partial charge in [-0.3, -0.25) is 29.0 Å². The second-order valence-electron chi connectivity index (χ2n) is 7.08. The van der Waals surface area contributed by atoms with Crippen molar-refractivity contribution in [3.63, 3.8) is 0 Å². The van der Waals surface area contributed by atoms with Gasteiger partial charge in [-0.2, -0.15) is 0 Å². The molecule has 29 heavy (non-hydrogen) atoms. The number of hydrogen-bond donors (Lipinski definition) is 0. The summed E-state index contributed by atoms with van der Waals surface area (Å²) in [6, 6.07) is 12.9. The molecule has 1 spiro atoms. The van der Waals surface area contributed by atoms with Gasteiger partial charge in [-0.15, -0.1) is 0 Å². The first-order valence-electron chi connectivity index (χ1n) is 9.09. The minimum absolute atomic E-state index is 0.0952. The van der Waals surface area contributed by atoms with Gasteiger partial charge in [0.25, 0.3) is 10.5 Å². The zero-order valence-corrected chi connectivity index (χ0v) is 16.7.